The summed E-state index contributed by atoms with van der Waals surface area (Å²) < 4.78 is 36.9. The molecule has 12 heteroatoms. The van der Waals surface area contributed by atoms with Crippen molar-refractivity contribution in [1.82, 2.24) is 0 Å². The Kier molecular flexibility index (Phi) is 25.1. The fraction of sp³-hybridized carbons (Fsp3) is 0.929. The Hall–Kier alpha value is -3.18. The van der Waals surface area contributed by atoms with Crippen LogP contribution in [0.2, 0.25) is 0 Å². The third-order valence-electron chi connectivity index (χ3n) is 30.3. The minimum atomic E-state index is -0.406. The zero-order chi connectivity index (χ0) is 63.8. The minimum Gasteiger partial charge on any atom is -0.462 e. The van der Waals surface area contributed by atoms with Crippen molar-refractivity contribution in [2.24, 2.45) is 141 Å². The van der Waals surface area contributed by atoms with E-state index in [0.717, 1.165) is 120 Å². The SMILES string of the molecule is C.C.C.C.C.C.CCC(C)(C)C(=O)OC1CC2CC1C1C3CC(CC3C(=O)OC3(C)CCCC3)C21.CCC(C)(C)C(=O)OC1CC2CC1C1C3CC(CC3C(=O)OC3(C)CCCCC3)C21.CCC1(OC(=O)C2CC3CC2C2C4CC(CC4OC(=O)C(C)(C)CC)C32)CCCCC1. The van der Waals surface area contributed by atoms with E-state index in [1.54, 1.807) is 0 Å². The van der Waals surface area contributed by atoms with Crippen LogP contribution in [-0.2, 0) is 57.2 Å². The highest BCUT2D eigenvalue weighted by Crippen LogP contribution is 2.72. The second-order valence-electron chi connectivity index (χ2n) is 36.2. The van der Waals surface area contributed by atoms with E-state index >= 15 is 0 Å². The van der Waals surface area contributed by atoms with E-state index in [1.165, 1.54) is 89.9 Å². The maximum Gasteiger partial charge on any atom is 0.311 e. The van der Waals surface area contributed by atoms with Crippen LogP contribution in [-0.4, -0.2) is 70.9 Å². The first-order chi connectivity index (χ1) is 42.7. The molecule has 15 saturated carbocycles. The Morgan fingerprint density at radius 2 is 0.573 bits per heavy atom. The monoisotopic (exact) mass is 1350 g/mol. The maximum atomic E-state index is 13.4. The van der Waals surface area contributed by atoms with Gasteiger partial charge in [0.25, 0.3) is 0 Å². The fourth-order valence-electron chi connectivity index (χ4n) is 24.4. The number of rotatable bonds is 16. The second kappa shape index (κ2) is 30.0. The largest absolute Gasteiger partial charge is 0.462 e. The van der Waals surface area contributed by atoms with Crippen LogP contribution in [0.5, 0.6) is 0 Å². The van der Waals surface area contributed by atoms with Gasteiger partial charge in [-0.25, -0.2) is 0 Å². The Morgan fingerprint density at radius 1 is 0.323 bits per heavy atom. The Morgan fingerprint density at radius 3 is 0.854 bits per heavy atom. The van der Waals surface area contributed by atoms with Crippen LogP contribution in [0.1, 0.15) is 320 Å². The van der Waals surface area contributed by atoms with Crippen LogP contribution in [0.4, 0.5) is 0 Å². The molecule has 0 heterocycles. The quantitative estimate of drug-likeness (QED) is 0.0819. The number of hydrogen-bond acceptors (Lipinski definition) is 12. The van der Waals surface area contributed by atoms with Crippen LogP contribution < -0.4 is 0 Å². The molecule has 0 N–H and O–H groups in total. The predicted octanol–water partition coefficient (Wildman–Crippen LogP) is 20.4. The van der Waals surface area contributed by atoms with E-state index in [2.05, 4.69) is 41.5 Å². The van der Waals surface area contributed by atoms with Gasteiger partial charge in [0.05, 0.1) is 34.0 Å². The van der Waals surface area contributed by atoms with Crippen molar-refractivity contribution < 1.29 is 57.2 Å². The standard InChI is InChI=1S/C27H42O4.C26H40O4.C25H38O4.6CH4/c1-5-26(3,4)25(29)30-21-15-17-14-20(21)23-18-12-16(22(17)23)13-19(18)24(28)31-27(6-2)10-8-7-9-11-27;1-5-25(2,3)24(28)29-20-14-16-13-19(20)22-17-11-15(21(16)22)12-18(17)23(27)30-26(4)9-7-6-8-10-26;1-5-24(2,3)23(27)28-19-13-15-12-18(19)21-16-10-14(20(15)21)11-17(16)22(26)29-25(4)8-6-7-9-25;;;;;;/h16-23H,5-15H2,1-4H3;15-22H,5-14H2,1-4H3;14-21H,5-13H2,1-4H3;6*1H4. The molecule has 0 saturated heterocycles. The first kappa shape index (κ1) is 80.1. The van der Waals surface area contributed by atoms with Crippen molar-refractivity contribution in [2.75, 3.05) is 0 Å². The lowest BCUT2D eigenvalue weighted by Crippen LogP contribution is -2.45. The molecule has 0 spiro atoms. The van der Waals surface area contributed by atoms with Crippen LogP contribution in [0.15, 0.2) is 0 Å². The molecule has 0 aliphatic heterocycles. The molecule has 12 nitrogen and oxygen atoms in total. The van der Waals surface area contributed by atoms with Crippen molar-refractivity contribution >= 4 is 35.8 Å². The molecule has 0 amide bonds. The van der Waals surface area contributed by atoms with Crippen LogP contribution in [0, 0.1) is 141 Å². The summed E-state index contributed by atoms with van der Waals surface area (Å²) in [6, 6.07) is 0. The average Bonchev–Trinajstić information content (AvgIpc) is 1.56. The summed E-state index contributed by atoms with van der Waals surface area (Å²) in [5.41, 5.74) is -1.88. The van der Waals surface area contributed by atoms with Gasteiger partial charge < -0.3 is 28.4 Å². The molecular weight excluding hydrogens is 1200 g/mol. The van der Waals surface area contributed by atoms with Gasteiger partial charge in [0.1, 0.15) is 35.1 Å². The zero-order valence-electron chi connectivity index (χ0n) is 58.0. The third-order valence-corrected chi connectivity index (χ3v) is 30.3. The summed E-state index contributed by atoms with van der Waals surface area (Å²) in [7, 11) is 0. The second-order valence-corrected chi connectivity index (χ2v) is 36.2. The summed E-state index contributed by atoms with van der Waals surface area (Å²) in [5, 5.41) is 0. The normalized spacial score (nSPS) is 40.6. The lowest BCUT2D eigenvalue weighted by atomic mass is 9.66. The van der Waals surface area contributed by atoms with Crippen molar-refractivity contribution in [3.05, 3.63) is 0 Å². The molecule has 24 atom stereocenters. The van der Waals surface area contributed by atoms with Gasteiger partial charge in [0.2, 0.25) is 0 Å². The number of esters is 6. The molecule has 15 aliphatic carbocycles. The van der Waals surface area contributed by atoms with Gasteiger partial charge in [-0.3, -0.25) is 28.8 Å². The lowest BCUT2D eigenvalue weighted by Gasteiger charge is -2.42. The topological polar surface area (TPSA) is 158 Å². The van der Waals surface area contributed by atoms with E-state index in [1.807, 2.05) is 41.5 Å². The molecule has 0 aromatic rings. The average molecular weight is 1350 g/mol. The van der Waals surface area contributed by atoms with E-state index in [0.29, 0.717) is 88.8 Å². The highest BCUT2D eigenvalue weighted by atomic mass is 16.6. The summed E-state index contributed by atoms with van der Waals surface area (Å²) in [6.45, 7) is 24.5. The van der Waals surface area contributed by atoms with Crippen molar-refractivity contribution in [2.45, 2.75) is 355 Å². The molecule has 0 radical (unpaired) electrons. The molecule has 552 valence electrons. The van der Waals surface area contributed by atoms with Gasteiger partial charge in [-0.1, -0.05) is 85.1 Å². The predicted molar refractivity (Wildman–Crippen MR) is 384 cm³/mol. The van der Waals surface area contributed by atoms with Gasteiger partial charge in [-0.15, -0.1) is 0 Å². The molecule has 0 aromatic carbocycles. The van der Waals surface area contributed by atoms with Crippen molar-refractivity contribution in [3.8, 4) is 0 Å². The third kappa shape index (κ3) is 14.2. The molecule has 15 rings (SSSR count). The molecule has 12 bridgehead atoms. The van der Waals surface area contributed by atoms with Crippen molar-refractivity contribution in [3.63, 3.8) is 0 Å². The Labute approximate surface area is 586 Å². The zero-order valence-corrected chi connectivity index (χ0v) is 58.0. The highest BCUT2D eigenvalue weighted by Gasteiger charge is 2.70. The summed E-state index contributed by atoms with van der Waals surface area (Å²) in [4.78, 5) is 77.9. The lowest BCUT2D eigenvalue weighted by molar-refractivity contribution is -0.175. The van der Waals surface area contributed by atoms with Crippen LogP contribution in [0.25, 0.3) is 0 Å². The van der Waals surface area contributed by atoms with E-state index in [4.69, 9.17) is 28.4 Å². The fourth-order valence-corrected chi connectivity index (χ4v) is 24.4. The number of fused-ring (bicyclic) bond motifs is 27. The van der Waals surface area contributed by atoms with E-state index in [9.17, 15) is 28.8 Å². The van der Waals surface area contributed by atoms with Crippen molar-refractivity contribution in [1.29, 1.82) is 0 Å². The van der Waals surface area contributed by atoms with E-state index < -0.39 is 16.2 Å². The highest BCUT2D eigenvalue weighted by molar-refractivity contribution is 5.78. The minimum absolute atomic E-state index is 0. The molecule has 24 unspecified atom stereocenters. The molecule has 15 fully saturated rings. The molecular formula is C84H144O12. The molecule has 0 aromatic heterocycles. The van der Waals surface area contributed by atoms with Gasteiger partial charge in [0.15, 0.2) is 0 Å². The van der Waals surface area contributed by atoms with Crippen LogP contribution in [0.3, 0.4) is 0 Å². The first-order valence-corrected chi connectivity index (χ1v) is 38.0. The maximum absolute atomic E-state index is 13.4. The van der Waals surface area contributed by atoms with Crippen LogP contribution >= 0.6 is 0 Å². The molecule has 15 aliphatic rings. The van der Waals surface area contributed by atoms with Gasteiger partial charge in [0, 0.05) is 0 Å². The van der Waals surface area contributed by atoms with E-state index in [-0.39, 0.29) is 133 Å². The Bertz CT molecular complexity index is 2690. The van der Waals surface area contributed by atoms with Gasteiger partial charge in [-0.2, -0.15) is 0 Å². The summed E-state index contributed by atoms with van der Waals surface area (Å²) >= 11 is 0. The number of carbonyl (C=O) groups excluding carboxylic acids is 6. The number of ether oxygens (including phenoxy) is 6. The molecule has 96 heavy (non-hydrogen) atoms. The Balaban J connectivity index is 0.000000197. The first-order valence-electron chi connectivity index (χ1n) is 38.0. The summed E-state index contributed by atoms with van der Waals surface area (Å²) in [6.07, 6.45) is 32.8. The number of carbonyl (C=O) groups is 6. The van der Waals surface area contributed by atoms with Gasteiger partial charge in [-0.05, 0) is 342 Å². The number of hydrogen-bond donors (Lipinski definition) is 0. The smallest absolute Gasteiger partial charge is 0.311 e. The summed E-state index contributed by atoms with van der Waals surface area (Å²) in [5.74, 6) is 11.3. The van der Waals surface area contributed by atoms with Gasteiger partial charge >= 0.3 is 35.8 Å².